The van der Waals surface area contributed by atoms with Crippen molar-refractivity contribution in [3.63, 3.8) is 0 Å². The number of likely N-dealkylation sites (tertiary alicyclic amines) is 1. The molecule has 0 bridgehead atoms. The van der Waals surface area contributed by atoms with Crippen LogP contribution in [0.4, 0.5) is 0 Å². The normalized spacial score (nSPS) is 23.1. The first-order valence-corrected chi connectivity index (χ1v) is 9.62. The molecule has 1 aromatic heterocycles. The van der Waals surface area contributed by atoms with Crippen molar-refractivity contribution in [3.8, 4) is 0 Å². The molecule has 0 spiro atoms. The number of carbonyl (C=O) groups is 2. The van der Waals surface area contributed by atoms with Crippen molar-refractivity contribution in [1.82, 2.24) is 15.2 Å². The van der Waals surface area contributed by atoms with Gasteiger partial charge in [0.05, 0.1) is 11.7 Å². The molecule has 0 aromatic carbocycles. The lowest BCUT2D eigenvalue weighted by Crippen LogP contribution is -2.47. The van der Waals surface area contributed by atoms with Crippen LogP contribution in [0.15, 0.2) is 24.4 Å². The van der Waals surface area contributed by atoms with Gasteiger partial charge in [0.25, 0.3) is 0 Å². The lowest BCUT2D eigenvalue weighted by molar-refractivity contribution is -0.138. The van der Waals surface area contributed by atoms with Crippen molar-refractivity contribution in [2.45, 2.75) is 57.9 Å². The number of amides is 2. The molecule has 25 heavy (non-hydrogen) atoms. The highest BCUT2D eigenvalue weighted by atomic mass is 16.2. The summed E-state index contributed by atoms with van der Waals surface area (Å²) < 4.78 is 0. The van der Waals surface area contributed by atoms with Crippen LogP contribution < -0.4 is 5.32 Å². The number of nitrogens with zero attached hydrogens (tertiary/aromatic N) is 2. The summed E-state index contributed by atoms with van der Waals surface area (Å²) in [6.45, 7) is 3.11. The van der Waals surface area contributed by atoms with Crippen molar-refractivity contribution < 1.29 is 9.59 Å². The van der Waals surface area contributed by atoms with E-state index < -0.39 is 0 Å². The molecular weight excluding hydrogens is 314 g/mol. The predicted octanol–water partition coefficient (Wildman–Crippen LogP) is 3.08. The van der Waals surface area contributed by atoms with E-state index in [0.29, 0.717) is 5.91 Å². The second-order valence-electron chi connectivity index (χ2n) is 7.45. The van der Waals surface area contributed by atoms with Crippen molar-refractivity contribution in [2.24, 2.45) is 11.8 Å². The molecule has 2 heterocycles. The molecule has 5 nitrogen and oxygen atoms in total. The Morgan fingerprint density at radius 2 is 1.96 bits per heavy atom. The fraction of sp³-hybridized carbons (Fsp3) is 0.650. The van der Waals surface area contributed by atoms with E-state index in [1.54, 1.807) is 13.1 Å². The van der Waals surface area contributed by atoms with Gasteiger partial charge >= 0.3 is 0 Å². The molecule has 1 aliphatic heterocycles. The van der Waals surface area contributed by atoms with Crippen LogP contribution >= 0.6 is 0 Å². The minimum Gasteiger partial charge on any atom is -0.348 e. The van der Waals surface area contributed by atoms with Crippen molar-refractivity contribution >= 4 is 11.8 Å². The third-order valence-corrected chi connectivity index (χ3v) is 5.56. The van der Waals surface area contributed by atoms with E-state index in [1.165, 1.54) is 19.3 Å². The third-order valence-electron chi connectivity index (χ3n) is 5.56. The molecule has 0 unspecified atom stereocenters. The summed E-state index contributed by atoms with van der Waals surface area (Å²) in [5.41, 5.74) is 0.884. The first-order valence-electron chi connectivity index (χ1n) is 9.62. The Kier molecular flexibility index (Phi) is 6.05. The fourth-order valence-corrected chi connectivity index (χ4v) is 4.30. The number of piperidine rings is 1. The number of hydrogen-bond acceptors (Lipinski definition) is 3. The van der Waals surface area contributed by atoms with Crippen LogP contribution in [-0.2, 0) is 9.59 Å². The number of carbonyl (C=O) groups excluding carboxylic acids is 2. The van der Waals surface area contributed by atoms with E-state index in [4.69, 9.17) is 0 Å². The van der Waals surface area contributed by atoms with Gasteiger partial charge in [-0.2, -0.15) is 0 Å². The molecule has 5 heteroatoms. The summed E-state index contributed by atoms with van der Waals surface area (Å²) in [7, 11) is 0. The van der Waals surface area contributed by atoms with Crippen LogP contribution in [0.3, 0.4) is 0 Å². The van der Waals surface area contributed by atoms with Gasteiger partial charge in [0, 0.05) is 38.0 Å². The Labute approximate surface area is 150 Å². The Bertz CT molecular complexity index is 584. The molecule has 0 radical (unpaired) electrons. The van der Waals surface area contributed by atoms with E-state index in [-0.39, 0.29) is 23.8 Å². The van der Waals surface area contributed by atoms with Gasteiger partial charge in [0.1, 0.15) is 0 Å². The number of nitrogens with one attached hydrogen (secondary N) is 1. The Morgan fingerprint density at radius 3 is 2.64 bits per heavy atom. The Balaban J connectivity index is 1.71. The van der Waals surface area contributed by atoms with E-state index in [0.717, 1.165) is 44.5 Å². The first kappa shape index (κ1) is 17.9. The Morgan fingerprint density at radius 1 is 1.16 bits per heavy atom. The lowest BCUT2D eigenvalue weighted by atomic mass is 9.85. The first-order chi connectivity index (χ1) is 12.1. The van der Waals surface area contributed by atoms with Crippen LogP contribution in [0.25, 0.3) is 0 Å². The zero-order chi connectivity index (χ0) is 17.6. The molecule has 1 N–H and O–H groups in total. The van der Waals surface area contributed by atoms with Gasteiger partial charge in [0.2, 0.25) is 11.8 Å². The summed E-state index contributed by atoms with van der Waals surface area (Å²) in [6.07, 6.45) is 9.45. The summed E-state index contributed by atoms with van der Waals surface area (Å²) in [6, 6.07) is 5.67. The fourth-order valence-electron chi connectivity index (χ4n) is 4.30. The van der Waals surface area contributed by atoms with E-state index in [2.05, 4.69) is 10.3 Å². The summed E-state index contributed by atoms with van der Waals surface area (Å²) >= 11 is 0. The number of aromatic nitrogens is 1. The number of rotatable bonds is 4. The zero-order valence-electron chi connectivity index (χ0n) is 15.1. The molecular formula is C20H29N3O2. The van der Waals surface area contributed by atoms with Crippen molar-refractivity contribution in [1.29, 1.82) is 0 Å². The molecule has 136 valence electrons. The van der Waals surface area contributed by atoms with Crippen LogP contribution in [0.1, 0.15) is 63.6 Å². The topological polar surface area (TPSA) is 62.3 Å². The van der Waals surface area contributed by atoms with Gasteiger partial charge in [-0.25, -0.2) is 0 Å². The molecule has 1 saturated carbocycles. The second kappa shape index (κ2) is 8.45. The highest BCUT2D eigenvalue weighted by Gasteiger charge is 2.34. The standard InChI is InChI=1S/C20H29N3O2/c1-15(24)22-19(18-11-5-6-12-21-18)17-10-7-13-23(14-17)20(25)16-8-3-2-4-9-16/h5-6,11-12,16-17,19H,2-4,7-10,13-14H2,1H3,(H,22,24)/t17-,19+/m1/s1. The SMILES string of the molecule is CC(=O)N[C@H](c1ccccn1)[C@@H]1CCCN(C(=O)C2CCCCC2)C1. The third kappa shape index (κ3) is 4.59. The van der Waals surface area contributed by atoms with Crippen LogP contribution in [-0.4, -0.2) is 34.8 Å². The summed E-state index contributed by atoms with van der Waals surface area (Å²) in [5, 5.41) is 3.07. The zero-order valence-corrected chi connectivity index (χ0v) is 15.1. The maximum atomic E-state index is 12.9. The molecule has 2 fully saturated rings. The minimum absolute atomic E-state index is 0.0496. The summed E-state index contributed by atoms with van der Waals surface area (Å²) in [4.78, 5) is 31.1. The van der Waals surface area contributed by atoms with Crippen LogP contribution in [0.5, 0.6) is 0 Å². The Hall–Kier alpha value is -1.91. The quantitative estimate of drug-likeness (QED) is 0.914. The van der Waals surface area contributed by atoms with Gasteiger partial charge in [-0.15, -0.1) is 0 Å². The molecule has 1 saturated heterocycles. The van der Waals surface area contributed by atoms with Crippen LogP contribution in [0.2, 0.25) is 0 Å². The van der Waals surface area contributed by atoms with Crippen LogP contribution in [0, 0.1) is 11.8 Å². The second-order valence-corrected chi connectivity index (χ2v) is 7.45. The van der Waals surface area contributed by atoms with Gasteiger partial charge in [-0.1, -0.05) is 25.3 Å². The smallest absolute Gasteiger partial charge is 0.225 e. The molecule has 3 rings (SSSR count). The van der Waals surface area contributed by atoms with Gasteiger partial charge in [0.15, 0.2) is 0 Å². The number of hydrogen-bond donors (Lipinski definition) is 1. The summed E-state index contributed by atoms with van der Waals surface area (Å²) in [5.74, 6) is 0.708. The lowest BCUT2D eigenvalue weighted by Gasteiger charge is -2.39. The van der Waals surface area contributed by atoms with E-state index >= 15 is 0 Å². The highest BCUT2D eigenvalue weighted by Crippen LogP contribution is 2.32. The maximum absolute atomic E-state index is 12.9. The molecule has 2 amide bonds. The van der Waals surface area contributed by atoms with Crippen molar-refractivity contribution in [2.75, 3.05) is 13.1 Å². The minimum atomic E-state index is -0.124. The molecule has 2 aliphatic rings. The predicted molar refractivity (Wildman–Crippen MR) is 96.7 cm³/mol. The molecule has 1 aromatic rings. The average Bonchev–Trinajstić information content (AvgIpc) is 2.67. The number of pyridine rings is 1. The van der Waals surface area contributed by atoms with Gasteiger partial charge in [-0.3, -0.25) is 14.6 Å². The largest absolute Gasteiger partial charge is 0.348 e. The molecule has 1 aliphatic carbocycles. The molecule has 2 atom stereocenters. The van der Waals surface area contributed by atoms with Gasteiger partial charge < -0.3 is 10.2 Å². The van der Waals surface area contributed by atoms with Gasteiger partial charge in [-0.05, 0) is 37.8 Å². The van der Waals surface area contributed by atoms with E-state index in [1.807, 2.05) is 23.1 Å². The maximum Gasteiger partial charge on any atom is 0.225 e. The average molecular weight is 343 g/mol. The highest BCUT2D eigenvalue weighted by molar-refractivity contribution is 5.79. The van der Waals surface area contributed by atoms with E-state index in [9.17, 15) is 9.59 Å². The monoisotopic (exact) mass is 343 g/mol. The van der Waals surface area contributed by atoms with Crippen molar-refractivity contribution in [3.05, 3.63) is 30.1 Å².